The number of nitrogens with zero attached hydrogens (tertiary/aromatic N) is 2. The summed E-state index contributed by atoms with van der Waals surface area (Å²) in [5.74, 6) is 0. The van der Waals surface area contributed by atoms with Gasteiger partial charge in [0.2, 0.25) is 0 Å². The molecule has 0 bridgehead atoms. The summed E-state index contributed by atoms with van der Waals surface area (Å²) in [6, 6.07) is 9.02. The van der Waals surface area contributed by atoms with E-state index in [-0.39, 0.29) is 11.5 Å². The van der Waals surface area contributed by atoms with Gasteiger partial charge in [-0.1, -0.05) is 31.2 Å². The van der Waals surface area contributed by atoms with Crippen LogP contribution in [0.5, 0.6) is 0 Å². The van der Waals surface area contributed by atoms with E-state index in [1.165, 1.54) is 16.8 Å². The fourth-order valence-electron chi connectivity index (χ4n) is 4.85. The van der Waals surface area contributed by atoms with Gasteiger partial charge in [0.1, 0.15) is 0 Å². The molecule has 1 fully saturated rings. The van der Waals surface area contributed by atoms with Crippen LogP contribution in [0.1, 0.15) is 50.6 Å². The fourth-order valence-corrected chi connectivity index (χ4v) is 4.85. The standard InChI is InChI=1S/C21H28N2O2/c1-21(10-8-15(24-2)9-11-21)20(25-3)12-18-16-6-4-5-7-17(16)19-13-22-14-23(18)19/h4-7,13-15,18,20H,8-12H2,1-3H3. The first-order valence-corrected chi connectivity index (χ1v) is 9.33. The largest absolute Gasteiger partial charge is 0.381 e. The van der Waals surface area contributed by atoms with Crippen molar-refractivity contribution in [2.24, 2.45) is 5.41 Å². The maximum Gasteiger partial charge on any atom is 0.0956 e. The zero-order valence-electron chi connectivity index (χ0n) is 15.4. The molecule has 1 aromatic carbocycles. The van der Waals surface area contributed by atoms with E-state index in [0.29, 0.717) is 12.1 Å². The topological polar surface area (TPSA) is 36.3 Å². The molecule has 0 spiro atoms. The Hall–Kier alpha value is -1.65. The molecule has 25 heavy (non-hydrogen) atoms. The van der Waals surface area contributed by atoms with Crippen molar-refractivity contribution in [3.05, 3.63) is 42.4 Å². The molecule has 1 aliphatic carbocycles. The second-order valence-corrected chi connectivity index (χ2v) is 7.84. The summed E-state index contributed by atoms with van der Waals surface area (Å²) in [6.45, 7) is 2.39. The van der Waals surface area contributed by atoms with Crippen molar-refractivity contribution >= 4 is 0 Å². The molecule has 1 saturated carbocycles. The van der Waals surface area contributed by atoms with Gasteiger partial charge >= 0.3 is 0 Å². The van der Waals surface area contributed by atoms with Crippen LogP contribution in [-0.4, -0.2) is 36.0 Å². The van der Waals surface area contributed by atoms with E-state index < -0.39 is 0 Å². The number of ether oxygens (including phenoxy) is 2. The summed E-state index contributed by atoms with van der Waals surface area (Å²) in [6.07, 6.45) is 10.2. The highest BCUT2D eigenvalue weighted by atomic mass is 16.5. The van der Waals surface area contributed by atoms with Gasteiger partial charge in [-0.3, -0.25) is 0 Å². The molecule has 2 unspecified atom stereocenters. The van der Waals surface area contributed by atoms with Gasteiger partial charge in [0.25, 0.3) is 0 Å². The van der Waals surface area contributed by atoms with Crippen molar-refractivity contribution in [2.75, 3.05) is 14.2 Å². The third-order valence-electron chi connectivity index (χ3n) is 6.50. The van der Waals surface area contributed by atoms with Gasteiger partial charge in [-0.2, -0.15) is 0 Å². The third kappa shape index (κ3) is 2.81. The molecular weight excluding hydrogens is 312 g/mol. The summed E-state index contributed by atoms with van der Waals surface area (Å²) in [4.78, 5) is 4.38. The van der Waals surface area contributed by atoms with E-state index >= 15 is 0 Å². The molecule has 2 aromatic rings. The van der Waals surface area contributed by atoms with E-state index in [1.807, 2.05) is 26.7 Å². The molecule has 0 saturated heterocycles. The third-order valence-corrected chi connectivity index (χ3v) is 6.50. The molecule has 4 nitrogen and oxygen atoms in total. The first-order valence-electron chi connectivity index (χ1n) is 9.33. The average molecular weight is 340 g/mol. The maximum atomic E-state index is 6.06. The number of imidazole rings is 1. The van der Waals surface area contributed by atoms with Gasteiger partial charge in [0, 0.05) is 19.8 Å². The van der Waals surface area contributed by atoms with Crippen molar-refractivity contribution in [1.82, 2.24) is 9.55 Å². The van der Waals surface area contributed by atoms with Gasteiger partial charge < -0.3 is 14.0 Å². The Kier molecular flexibility index (Phi) is 4.42. The Balaban J connectivity index is 1.59. The Morgan fingerprint density at radius 1 is 1.24 bits per heavy atom. The van der Waals surface area contributed by atoms with Crippen LogP contribution in [0.4, 0.5) is 0 Å². The molecule has 0 amide bonds. The minimum Gasteiger partial charge on any atom is -0.381 e. The van der Waals surface area contributed by atoms with Crippen molar-refractivity contribution in [2.45, 2.75) is 57.3 Å². The van der Waals surface area contributed by atoms with Crippen molar-refractivity contribution in [3.8, 4) is 11.3 Å². The molecule has 0 N–H and O–H groups in total. The maximum absolute atomic E-state index is 6.06. The number of rotatable bonds is 5. The highest BCUT2D eigenvalue weighted by molar-refractivity contribution is 5.68. The number of hydrogen-bond acceptors (Lipinski definition) is 3. The minimum absolute atomic E-state index is 0.210. The summed E-state index contributed by atoms with van der Waals surface area (Å²) < 4.78 is 13.9. The monoisotopic (exact) mass is 340 g/mol. The predicted octanol–water partition coefficient (Wildman–Crippen LogP) is 4.45. The molecule has 2 heterocycles. The van der Waals surface area contributed by atoms with Crippen LogP contribution in [0.2, 0.25) is 0 Å². The van der Waals surface area contributed by atoms with Gasteiger partial charge in [0.15, 0.2) is 0 Å². The minimum atomic E-state index is 0.210. The van der Waals surface area contributed by atoms with Crippen LogP contribution < -0.4 is 0 Å². The summed E-state index contributed by atoms with van der Waals surface area (Å²) in [5, 5.41) is 0. The summed E-state index contributed by atoms with van der Waals surface area (Å²) >= 11 is 0. The predicted molar refractivity (Wildman–Crippen MR) is 98.6 cm³/mol. The van der Waals surface area contributed by atoms with Gasteiger partial charge in [0.05, 0.1) is 36.5 Å². The Bertz CT molecular complexity index is 731. The second kappa shape index (κ2) is 6.58. The number of benzene rings is 1. The lowest BCUT2D eigenvalue weighted by atomic mass is 9.69. The molecule has 1 aliphatic heterocycles. The van der Waals surface area contributed by atoms with Crippen molar-refractivity contribution < 1.29 is 9.47 Å². The van der Waals surface area contributed by atoms with Crippen LogP contribution in [-0.2, 0) is 9.47 Å². The lowest BCUT2D eigenvalue weighted by Gasteiger charge is -2.43. The highest BCUT2D eigenvalue weighted by Gasteiger charge is 2.41. The molecule has 134 valence electrons. The smallest absolute Gasteiger partial charge is 0.0956 e. The number of hydrogen-bond donors (Lipinski definition) is 0. The van der Waals surface area contributed by atoms with E-state index in [4.69, 9.17) is 9.47 Å². The van der Waals surface area contributed by atoms with Crippen molar-refractivity contribution in [1.29, 1.82) is 0 Å². The fraction of sp³-hybridized carbons (Fsp3) is 0.571. The number of fused-ring (bicyclic) bond motifs is 3. The molecule has 2 aliphatic rings. The zero-order valence-corrected chi connectivity index (χ0v) is 15.4. The van der Waals surface area contributed by atoms with Crippen LogP contribution in [0.15, 0.2) is 36.8 Å². The van der Waals surface area contributed by atoms with E-state index in [0.717, 1.165) is 32.1 Å². The Morgan fingerprint density at radius 2 is 2.00 bits per heavy atom. The van der Waals surface area contributed by atoms with E-state index in [9.17, 15) is 0 Å². The van der Waals surface area contributed by atoms with Gasteiger partial charge in [-0.25, -0.2) is 4.98 Å². The quantitative estimate of drug-likeness (QED) is 0.806. The zero-order chi connectivity index (χ0) is 17.4. The summed E-state index contributed by atoms with van der Waals surface area (Å²) in [5.41, 5.74) is 4.15. The SMILES string of the molecule is COC1CCC(C)(C(CC2c3ccccc3-c3cncn32)OC)CC1. The first kappa shape index (κ1) is 16.8. The molecule has 4 rings (SSSR count). The van der Waals surface area contributed by atoms with Crippen LogP contribution in [0, 0.1) is 5.41 Å². The van der Waals surface area contributed by atoms with Gasteiger partial charge in [-0.15, -0.1) is 0 Å². The normalized spacial score (nSPS) is 29.2. The van der Waals surface area contributed by atoms with Crippen molar-refractivity contribution in [3.63, 3.8) is 0 Å². The Morgan fingerprint density at radius 3 is 2.72 bits per heavy atom. The summed E-state index contributed by atoms with van der Waals surface area (Å²) in [7, 11) is 3.70. The first-order chi connectivity index (χ1) is 12.2. The molecule has 0 radical (unpaired) electrons. The average Bonchev–Trinajstić information content (AvgIpc) is 3.22. The van der Waals surface area contributed by atoms with E-state index in [2.05, 4.69) is 40.7 Å². The lowest BCUT2D eigenvalue weighted by Crippen LogP contribution is -2.40. The molecule has 2 atom stereocenters. The second-order valence-electron chi connectivity index (χ2n) is 7.84. The van der Waals surface area contributed by atoms with Gasteiger partial charge in [-0.05, 0) is 43.1 Å². The molecule has 1 aromatic heterocycles. The number of aromatic nitrogens is 2. The van der Waals surface area contributed by atoms with E-state index in [1.54, 1.807) is 0 Å². The highest BCUT2D eigenvalue weighted by Crippen LogP contribution is 2.47. The number of methoxy groups -OCH3 is 2. The molecule has 4 heteroatoms. The van der Waals surface area contributed by atoms with Crippen LogP contribution in [0.25, 0.3) is 11.3 Å². The Labute approximate surface area is 150 Å². The van der Waals surface area contributed by atoms with Crippen LogP contribution in [0.3, 0.4) is 0 Å². The lowest BCUT2D eigenvalue weighted by molar-refractivity contribution is -0.0597. The molecular formula is C21H28N2O2. The van der Waals surface area contributed by atoms with Crippen LogP contribution >= 0.6 is 0 Å².